The molecule has 1 aromatic rings. The molecule has 0 saturated carbocycles. The maximum absolute atomic E-state index is 3.45. The van der Waals surface area contributed by atoms with Crippen molar-refractivity contribution in [3.05, 3.63) is 53.4 Å². The SMILES string of the molecule is C=C=C=Cc1ccc(C(C)C)cc1. The predicted molar refractivity (Wildman–Crippen MR) is 57.6 cm³/mol. The van der Waals surface area contributed by atoms with E-state index in [2.05, 4.69) is 56.2 Å². The second kappa shape index (κ2) is 4.52. The molecule has 0 heteroatoms. The first-order valence-electron chi connectivity index (χ1n) is 4.45. The van der Waals surface area contributed by atoms with Gasteiger partial charge in [-0.2, -0.15) is 0 Å². The predicted octanol–water partition coefficient (Wildman–Crippen LogP) is 3.76. The zero-order chi connectivity index (χ0) is 9.68. The van der Waals surface area contributed by atoms with Crippen molar-refractivity contribution in [3.8, 4) is 0 Å². The molecule has 13 heavy (non-hydrogen) atoms. The molecule has 0 amide bonds. The van der Waals surface area contributed by atoms with E-state index >= 15 is 0 Å². The van der Waals surface area contributed by atoms with Gasteiger partial charge in [-0.15, -0.1) is 0 Å². The second-order valence-electron chi connectivity index (χ2n) is 3.29. The third-order valence-corrected chi connectivity index (χ3v) is 1.94. The van der Waals surface area contributed by atoms with Crippen LogP contribution in [0.4, 0.5) is 0 Å². The molecular weight excluding hydrogens is 156 g/mol. The largest absolute Gasteiger partial charge is 0.0781 e. The van der Waals surface area contributed by atoms with Crippen molar-refractivity contribution in [2.75, 3.05) is 0 Å². The number of hydrogen-bond donors (Lipinski definition) is 0. The van der Waals surface area contributed by atoms with Crippen LogP contribution in [0.2, 0.25) is 0 Å². The molecule has 0 spiro atoms. The Morgan fingerprint density at radius 1 is 1.23 bits per heavy atom. The Hall–Kier alpha value is -1.48. The number of rotatable bonds is 2. The lowest BCUT2D eigenvalue weighted by Crippen LogP contribution is -1.85. The van der Waals surface area contributed by atoms with Crippen molar-refractivity contribution in [3.63, 3.8) is 0 Å². The van der Waals surface area contributed by atoms with Gasteiger partial charge in [-0.25, -0.2) is 0 Å². The summed E-state index contributed by atoms with van der Waals surface area (Å²) in [5.74, 6) is 0.591. The van der Waals surface area contributed by atoms with E-state index in [9.17, 15) is 0 Å². The summed E-state index contributed by atoms with van der Waals surface area (Å²) in [6.45, 7) is 7.83. The Morgan fingerprint density at radius 3 is 2.31 bits per heavy atom. The quantitative estimate of drug-likeness (QED) is 0.593. The van der Waals surface area contributed by atoms with Crippen molar-refractivity contribution in [2.45, 2.75) is 19.8 Å². The lowest BCUT2D eigenvalue weighted by atomic mass is 10.0. The van der Waals surface area contributed by atoms with Gasteiger partial charge >= 0.3 is 0 Å². The van der Waals surface area contributed by atoms with E-state index in [0.717, 1.165) is 5.56 Å². The molecule has 0 aliphatic heterocycles. The first-order valence-corrected chi connectivity index (χ1v) is 4.45. The Bertz CT molecular complexity index is 342. The van der Waals surface area contributed by atoms with Gasteiger partial charge in [0.05, 0.1) is 0 Å². The molecule has 0 aliphatic rings. The molecule has 1 aromatic carbocycles. The Balaban J connectivity index is 2.93. The average Bonchev–Trinajstić information content (AvgIpc) is 2.15. The van der Waals surface area contributed by atoms with E-state index in [1.54, 1.807) is 0 Å². The molecule has 0 nitrogen and oxygen atoms in total. The van der Waals surface area contributed by atoms with E-state index in [4.69, 9.17) is 0 Å². The van der Waals surface area contributed by atoms with Crippen LogP contribution in [0.25, 0.3) is 6.08 Å². The molecule has 0 fully saturated rings. The Morgan fingerprint density at radius 2 is 1.85 bits per heavy atom. The first kappa shape index (κ1) is 9.61. The van der Waals surface area contributed by atoms with Gasteiger partial charge in [-0.1, -0.05) is 49.6 Å². The van der Waals surface area contributed by atoms with Crippen molar-refractivity contribution in [1.29, 1.82) is 0 Å². The highest BCUT2D eigenvalue weighted by atomic mass is 14.0. The van der Waals surface area contributed by atoms with Gasteiger partial charge in [-0.05, 0) is 29.7 Å². The highest BCUT2D eigenvalue weighted by molar-refractivity contribution is 5.49. The highest BCUT2D eigenvalue weighted by Crippen LogP contribution is 2.14. The van der Waals surface area contributed by atoms with Gasteiger partial charge in [0.15, 0.2) is 0 Å². The third-order valence-electron chi connectivity index (χ3n) is 1.94. The van der Waals surface area contributed by atoms with Gasteiger partial charge < -0.3 is 0 Å². The fraction of sp³-hybridized carbons (Fsp3) is 0.231. The summed E-state index contributed by atoms with van der Waals surface area (Å²) in [7, 11) is 0. The Kier molecular flexibility index (Phi) is 3.34. The molecule has 0 radical (unpaired) electrons. The van der Waals surface area contributed by atoms with Gasteiger partial charge in [0.25, 0.3) is 0 Å². The van der Waals surface area contributed by atoms with Crippen molar-refractivity contribution < 1.29 is 0 Å². The van der Waals surface area contributed by atoms with Crippen molar-refractivity contribution >= 4 is 6.08 Å². The first-order chi connectivity index (χ1) is 6.24. The average molecular weight is 170 g/mol. The van der Waals surface area contributed by atoms with Crippen molar-refractivity contribution in [2.24, 2.45) is 0 Å². The van der Waals surface area contributed by atoms with Crippen LogP contribution in [-0.4, -0.2) is 0 Å². The maximum atomic E-state index is 3.45. The zero-order valence-electron chi connectivity index (χ0n) is 8.17. The van der Waals surface area contributed by atoms with E-state index in [1.807, 2.05) is 6.08 Å². The maximum Gasteiger partial charge on any atom is -0.00430 e. The van der Waals surface area contributed by atoms with E-state index in [1.165, 1.54) is 5.56 Å². The minimum Gasteiger partial charge on any atom is -0.0781 e. The van der Waals surface area contributed by atoms with Gasteiger partial charge in [-0.3, -0.25) is 0 Å². The lowest BCUT2D eigenvalue weighted by molar-refractivity contribution is 0.866. The molecule has 1 rings (SSSR count). The summed E-state index contributed by atoms with van der Waals surface area (Å²) in [6.07, 6.45) is 1.87. The van der Waals surface area contributed by atoms with Crippen LogP contribution in [0.3, 0.4) is 0 Å². The van der Waals surface area contributed by atoms with Gasteiger partial charge in [0.2, 0.25) is 0 Å². The minimum absolute atomic E-state index is 0.591. The smallest absolute Gasteiger partial charge is 0.00430 e. The number of hydrogen-bond acceptors (Lipinski definition) is 0. The molecule has 0 aromatic heterocycles. The summed E-state index contributed by atoms with van der Waals surface area (Å²) in [4.78, 5) is 0. The van der Waals surface area contributed by atoms with E-state index in [-0.39, 0.29) is 0 Å². The van der Waals surface area contributed by atoms with Crippen LogP contribution in [0.1, 0.15) is 30.9 Å². The molecule has 0 heterocycles. The summed E-state index contributed by atoms with van der Waals surface area (Å²) >= 11 is 0. The molecule has 0 atom stereocenters. The summed E-state index contributed by atoms with van der Waals surface area (Å²) in [5.41, 5.74) is 7.93. The molecule has 0 unspecified atom stereocenters. The van der Waals surface area contributed by atoms with Crippen molar-refractivity contribution in [1.82, 2.24) is 0 Å². The van der Waals surface area contributed by atoms with Gasteiger partial charge in [0.1, 0.15) is 0 Å². The molecule has 0 aliphatic carbocycles. The molecule has 66 valence electrons. The summed E-state index contributed by atoms with van der Waals surface area (Å²) in [5, 5.41) is 0. The fourth-order valence-electron chi connectivity index (χ4n) is 1.11. The number of benzene rings is 1. The van der Waals surface area contributed by atoms with Crippen LogP contribution < -0.4 is 0 Å². The molecule has 0 bridgehead atoms. The zero-order valence-corrected chi connectivity index (χ0v) is 8.17. The standard InChI is InChI=1S/C13H14/c1-4-5-6-12-7-9-13(10-8-12)11(2)3/h6-11H,1H2,2-3H3. The molecular formula is C13H14. The van der Waals surface area contributed by atoms with Gasteiger partial charge in [0, 0.05) is 0 Å². The Labute approximate surface area is 79.9 Å². The minimum atomic E-state index is 0.591. The van der Waals surface area contributed by atoms with Crippen LogP contribution >= 0.6 is 0 Å². The van der Waals surface area contributed by atoms with Crippen LogP contribution in [-0.2, 0) is 0 Å². The second-order valence-corrected chi connectivity index (χ2v) is 3.29. The summed E-state index contributed by atoms with van der Waals surface area (Å²) in [6, 6.07) is 8.45. The topological polar surface area (TPSA) is 0 Å². The highest BCUT2D eigenvalue weighted by Gasteiger charge is 1.96. The van der Waals surface area contributed by atoms with Crippen LogP contribution in [0, 0.1) is 0 Å². The lowest BCUT2D eigenvalue weighted by Gasteiger charge is -2.03. The molecule has 0 N–H and O–H groups in total. The van der Waals surface area contributed by atoms with E-state index < -0.39 is 0 Å². The van der Waals surface area contributed by atoms with Crippen LogP contribution in [0.5, 0.6) is 0 Å². The van der Waals surface area contributed by atoms with Crippen LogP contribution in [0.15, 0.2) is 42.3 Å². The molecule has 0 saturated heterocycles. The van der Waals surface area contributed by atoms with E-state index in [0.29, 0.717) is 5.92 Å². The monoisotopic (exact) mass is 170 g/mol. The summed E-state index contributed by atoms with van der Waals surface area (Å²) < 4.78 is 0. The third kappa shape index (κ3) is 2.80. The normalized spacial score (nSPS) is 9.15. The fourth-order valence-corrected chi connectivity index (χ4v) is 1.11.